The molecule has 2 heterocycles. The van der Waals surface area contributed by atoms with Crippen molar-refractivity contribution in [1.29, 1.82) is 0 Å². The molecule has 1 unspecified atom stereocenters. The molecule has 1 spiro atoms. The van der Waals surface area contributed by atoms with Crippen LogP contribution in [0, 0.1) is 5.92 Å². The number of carbonyl (C=O) groups excluding carboxylic acids is 1. The van der Waals surface area contributed by atoms with Crippen molar-refractivity contribution in [2.75, 3.05) is 26.2 Å². The Hall–Kier alpha value is -1.34. The van der Waals surface area contributed by atoms with Crippen molar-refractivity contribution < 1.29 is 24.2 Å². The van der Waals surface area contributed by atoms with E-state index in [0.29, 0.717) is 19.0 Å². The topological polar surface area (TPSA) is 88.1 Å². The van der Waals surface area contributed by atoms with E-state index in [1.54, 1.807) is 4.90 Å². The lowest BCUT2D eigenvalue weighted by Crippen LogP contribution is -2.60. The van der Waals surface area contributed by atoms with Crippen LogP contribution in [0.15, 0.2) is 0 Å². The number of hydrogen-bond acceptors (Lipinski definition) is 5. The van der Waals surface area contributed by atoms with Gasteiger partial charge in [0.15, 0.2) is 0 Å². The number of hydrogen-bond donors (Lipinski definition) is 2. The molecule has 2 N–H and O–H groups in total. The Morgan fingerprint density at radius 3 is 2.24 bits per heavy atom. The highest BCUT2D eigenvalue weighted by molar-refractivity contribution is 5.68. The fourth-order valence-electron chi connectivity index (χ4n) is 2.94. The number of aliphatic carboxylic acids is 1. The number of nitrogens with zero attached hydrogens (tertiary/aromatic N) is 1. The van der Waals surface area contributed by atoms with Crippen molar-refractivity contribution >= 4 is 12.1 Å². The molecule has 1 amide bonds. The largest absolute Gasteiger partial charge is 0.481 e. The summed E-state index contributed by atoms with van der Waals surface area (Å²) in [5.74, 6) is -0.321. The number of carbonyl (C=O) groups is 2. The maximum absolute atomic E-state index is 12.1. The van der Waals surface area contributed by atoms with E-state index in [4.69, 9.17) is 19.4 Å². The number of morpholine rings is 1. The van der Waals surface area contributed by atoms with E-state index in [0.717, 1.165) is 32.9 Å². The van der Waals surface area contributed by atoms with E-state index in [2.05, 4.69) is 19.2 Å². The van der Waals surface area contributed by atoms with E-state index in [1.807, 2.05) is 20.8 Å². The Morgan fingerprint density at radius 2 is 1.80 bits per heavy atom. The average molecular weight is 358 g/mol. The maximum atomic E-state index is 12.1. The zero-order chi connectivity index (χ0) is 19.3. The minimum Gasteiger partial charge on any atom is -0.481 e. The van der Waals surface area contributed by atoms with Gasteiger partial charge in [0, 0.05) is 33.1 Å². The van der Waals surface area contributed by atoms with Crippen LogP contribution >= 0.6 is 0 Å². The Balaban J connectivity index is 0.000000705. The third-order valence-corrected chi connectivity index (χ3v) is 4.26. The molecule has 2 rings (SSSR count). The highest BCUT2D eigenvalue weighted by Gasteiger charge is 2.42. The number of ether oxygens (including phenoxy) is 2. The molecule has 0 aromatic rings. The van der Waals surface area contributed by atoms with Gasteiger partial charge in [0.1, 0.15) is 5.60 Å². The van der Waals surface area contributed by atoms with E-state index in [-0.39, 0.29) is 17.8 Å². The van der Waals surface area contributed by atoms with Crippen molar-refractivity contribution in [2.45, 2.75) is 71.7 Å². The second-order valence-corrected chi connectivity index (χ2v) is 8.20. The van der Waals surface area contributed by atoms with E-state index in [1.165, 1.54) is 0 Å². The van der Waals surface area contributed by atoms with Gasteiger partial charge in [-0.25, -0.2) is 4.79 Å². The van der Waals surface area contributed by atoms with Gasteiger partial charge >= 0.3 is 6.09 Å². The first-order valence-electron chi connectivity index (χ1n) is 9.00. The standard InChI is InChI=1S/C16H30N2O3.C2H4O2/c1-12(2)13-10-17-11-16(20-13)6-8-18(9-7-16)14(19)21-15(3,4)5;1-2(3)4/h12-13,17H,6-11H2,1-5H3;1H3,(H,3,4). The van der Waals surface area contributed by atoms with Crippen LogP contribution in [-0.4, -0.2) is 65.6 Å². The molecule has 25 heavy (non-hydrogen) atoms. The molecule has 1 atom stereocenters. The summed E-state index contributed by atoms with van der Waals surface area (Å²) in [6, 6.07) is 0. The number of carboxylic acids is 1. The SMILES string of the molecule is CC(=O)O.CC(C)C1CNCC2(CCN(C(=O)OC(C)(C)C)CC2)O1. The molecule has 2 aliphatic rings. The molecular weight excluding hydrogens is 324 g/mol. The van der Waals surface area contributed by atoms with Crippen molar-refractivity contribution in [3.8, 4) is 0 Å². The molecule has 2 fully saturated rings. The molecule has 0 aromatic carbocycles. The number of piperidine rings is 1. The van der Waals surface area contributed by atoms with Gasteiger partial charge in [-0.3, -0.25) is 4.79 Å². The first kappa shape index (κ1) is 21.7. The smallest absolute Gasteiger partial charge is 0.410 e. The molecule has 2 aliphatic heterocycles. The molecular formula is C18H34N2O5. The van der Waals surface area contributed by atoms with Crippen LogP contribution in [-0.2, 0) is 14.3 Å². The van der Waals surface area contributed by atoms with Crippen LogP contribution in [0.1, 0.15) is 54.4 Å². The summed E-state index contributed by atoms with van der Waals surface area (Å²) < 4.78 is 11.8. The van der Waals surface area contributed by atoms with Crippen LogP contribution in [0.2, 0.25) is 0 Å². The van der Waals surface area contributed by atoms with Crippen LogP contribution in [0.3, 0.4) is 0 Å². The molecule has 0 radical (unpaired) electrons. The van der Waals surface area contributed by atoms with Gasteiger partial charge in [-0.15, -0.1) is 0 Å². The summed E-state index contributed by atoms with van der Waals surface area (Å²) in [4.78, 5) is 22.9. The Labute approximate surface area is 151 Å². The minimum absolute atomic E-state index is 0.105. The van der Waals surface area contributed by atoms with Crippen molar-refractivity contribution in [2.24, 2.45) is 5.92 Å². The van der Waals surface area contributed by atoms with E-state index >= 15 is 0 Å². The molecule has 2 saturated heterocycles. The fraction of sp³-hybridized carbons (Fsp3) is 0.889. The molecule has 146 valence electrons. The lowest BCUT2D eigenvalue weighted by Gasteiger charge is -2.47. The van der Waals surface area contributed by atoms with Gasteiger partial charge in [0.2, 0.25) is 0 Å². The Morgan fingerprint density at radius 1 is 1.28 bits per heavy atom. The third-order valence-electron chi connectivity index (χ3n) is 4.26. The summed E-state index contributed by atoms with van der Waals surface area (Å²) in [6.45, 7) is 14.4. The van der Waals surface area contributed by atoms with Crippen LogP contribution in [0.4, 0.5) is 4.79 Å². The highest BCUT2D eigenvalue weighted by atomic mass is 16.6. The van der Waals surface area contributed by atoms with Gasteiger partial charge in [-0.1, -0.05) is 13.8 Å². The lowest BCUT2D eigenvalue weighted by molar-refractivity contribution is -0.153. The second-order valence-electron chi connectivity index (χ2n) is 8.20. The van der Waals surface area contributed by atoms with Gasteiger partial charge < -0.3 is 24.8 Å². The first-order chi connectivity index (χ1) is 11.4. The van der Waals surface area contributed by atoms with E-state index in [9.17, 15) is 4.79 Å². The molecule has 0 aromatic heterocycles. The predicted octanol–water partition coefficient (Wildman–Crippen LogP) is 2.49. The van der Waals surface area contributed by atoms with Crippen LogP contribution < -0.4 is 5.32 Å². The first-order valence-corrected chi connectivity index (χ1v) is 9.00. The Bertz CT molecular complexity index is 447. The summed E-state index contributed by atoms with van der Waals surface area (Å²) in [6.07, 6.45) is 1.82. The molecule has 7 heteroatoms. The molecule has 0 saturated carbocycles. The van der Waals surface area contributed by atoms with Crippen LogP contribution in [0.5, 0.6) is 0 Å². The van der Waals surface area contributed by atoms with E-state index < -0.39 is 11.6 Å². The minimum atomic E-state index is -0.833. The fourth-order valence-corrected chi connectivity index (χ4v) is 2.94. The second kappa shape index (κ2) is 8.85. The van der Waals surface area contributed by atoms with Gasteiger partial charge in [0.05, 0.1) is 11.7 Å². The van der Waals surface area contributed by atoms with Gasteiger partial charge in [0.25, 0.3) is 5.97 Å². The third kappa shape index (κ3) is 7.61. The van der Waals surface area contributed by atoms with Crippen molar-refractivity contribution in [3.63, 3.8) is 0 Å². The summed E-state index contributed by atoms with van der Waals surface area (Å²) in [5, 5.41) is 10.9. The predicted molar refractivity (Wildman–Crippen MR) is 95.7 cm³/mol. The summed E-state index contributed by atoms with van der Waals surface area (Å²) in [5.41, 5.74) is -0.538. The number of nitrogens with one attached hydrogen (secondary N) is 1. The number of rotatable bonds is 1. The number of amides is 1. The highest BCUT2D eigenvalue weighted by Crippen LogP contribution is 2.31. The van der Waals surface area contributed by atoms with Gasteiger partial charge in [-0.05, 0) is 39.5 Å². The summed E-state index contributed by atoms with van der Waals surface area (Å²) in [7, 11) is 0. The molecule has 7 nitrogen and oxygen atoms in total. The Kier molecular flexibility index (Phi) is 7.68. The monoisotopic (exact) mass is 358 g/mol. The van der Waals surface area contributed by atoms with Crippen molar-refractivity contribution in [3.05, 3.63) is 0 Å². The normalized spacial score (nSPS) is 23.0. The lowest BCUT2D eigenvalue weighted by atomic mass is 9.88. The zero-order valence-corrected chi connectivity index (χ0v) is 16.4. The van der Waals surface area contributed by atoms with Crippen molar-refractivity contribution in [1.82, 2.24) is 10.2 Å². The number of carboxylic acid groups (broad SMARTS) is 1. The quantitative estimate of drug-likeness (QED) is 0.749. The zero-order valence-electron chi connectivity index (χ0n) is 16.4. The number of likely N-dealkylation sites (tertiary alicyclic amines) is 1. The molecule has 0 bridgehead atoms. The summed E-state index contributed by atoms with van der Waals surface area (Å²) >= 11 is 0. The van der Waals surface area contributed by atoms with Gasteiger partial charge in [-0.2, -0.15) is 0 Å². The molecule has 0 aliphatic carbocycles. The maximum Gasteiger partial charge on any atom is 0.410 e. The van der Waals surface area contributed by atoms with Crippen LogP contribution in [0.25, 0.3) is 0 Å². The average Bonchev–Trinajstić information content (AvgIpc) is 2.45.